The summed E-state index contributed by atoms with van der Waals surface area (Å²) in [4.78, 5) is 42.5. The van der Waals surface area contributed by atoms with Gasteiger partial charge >= 0.3 is 18.1 Å². The minimum atomic E-state index is -0.870. The lowest BCUT2D eigenvalue weighted by Gasteiger charge is -2.42. The van der Waals surface area contributed by atoms with Gasteiger partial charge in [0, 0.05) is 25.2 Å². The average molecular weight is 355 g/mol. The number of esters is 1. The first-order valence-electron chi connectivity index (χ1n) is 8.52. The first kappa shape index (κ1) is 19.3. The van der Waals surface area contributed by atoms with Gasteiger partial charge in [-0.3, -0.25) is 4.90 Å². The molecule has 3 amide bonds. The highest BCUT2D eigenvalue weighted by Crippen LogP contribution is 2.31. The number of nitrogens with zero attached hydrogens (tertiary/aromatic N) is 3. The van der Waals surface area contributed by atoms with Crippen LogP contribution in [0.3, 0.4) is 0 Å². The van der Waals surface area contributed by atoms with Crippen LogP contribution in [0.25, 0.3) is 0 Å². The fourth-order valence-corrected chi connectivity index (χ4v) is 3.25. The largest absolute Gasteiger partial charge is 0.467 e. The van der Waals surface area contributed by atoms with Crippen LogP contribution in [0.4, 0.5) is 9.59 Å². The molecule has 0 aromatic heterocycles. The van der Waals surface area contributed by atoms with E-state index in [1.54, 1.807) is 30.6 Å². The topological polar surface area (TPSA) is 79.4 Å². The van der Waals surface area contributed by atoms with Crippen molar-refractivity contribution < 1.29 is 23.9 Å². The summed E-state index contributed by atoms with van der Waals surface area (Å²) in [7, 11) is 1.28. The first-order chi connectivity index (χ1) is 11.4. The first-order valence-corrected chi connectivity index (χ1v) is 8.52. The molecule has 8 heteroatoms. The highest BCUT2D eigenvalue weighted by molar-refractivity contribution is 5.86. The monoisotopic (exact) mass is 355 g/mol. The van der Waals surface area contributed by atoms with Gasteiger partial charge in [0.1, 0.15) is 5.60 Å². The Hall–Kier alpha value is -1.99. The number of rotatable bonds is 1. The van der Waals surface area contributed by atoms with Crippen molar-refractivity contribution in [2.45, 2.75) is 64.8 Å². The molecule has 8 nitrogen and oxygen atoms in total. The van der Waals surface area contributed by atoms with Crippen LogP contribution in [0.1, 0.15) is 41.5 Å². The van der Waals surface area contributed by atoms with E-state index in [0.717, 1.165) is 0 Å². The third-order valence-electron chi connectivity index (χ3n) is 4.41. The van der Waals surface area contributed by atoms with Crippen molar-refractivity contribution in [1.82, 2.24) is 14.7 Å². The molecule has 0 saturated carbocycles. The summed E-state index contributed by atoms with van der Waals surface area (Å²) < 4.78 is 10.4. The number of urea groups is 1. The molecule has 0 spiro atoms. The van der Waals surface area contributed by atoms with Crippen LogP contribution in [-0.2, 0) is 14.3 Å². The number of carbonyl (C=O) groups excluding carboxylic acids is 3. The number of piperazine rings is 1. The van der Waals surface area contributed by atoms with Crippen molar-refractivity contribution in [2.75, 3.05) is 26.7 Å². The molecule has 0 unspecified atom stereocenters. The van der Waals surface area contributed by atoms with Crippen molar-refractivity contribution in [3.05, 3.63) is 0 Å². The van der Waals surface area contributed by atoms with E-state index in [2.05, 4.69) is 0 Å². The van der Waals surface area contributed by atoms with E-state index in [-0.39, 0.29) is 18.1 Å². The zero-order valence-electron chi connectivity index (χ0n) is 16.2. The molecule has 142 valence electrons. The molecule has 2 aliphatic rings. The molecule has 0 aromatic carbocycles. The van der Waals surface area contributed by atoms with Crippen LogP contribution in [0.15, 0.2) is 0 Å². The van der Waals surface area contributed by atoms with Gasteiger partial charge in [0.25, 0.3) is 0 Å². The molecule has 2 fully saturated rings. The summed E-state index contributed by atoms with van der Waals surface area (Å²) in [5, 5.41) is 0. The molecule has 0 radical (unpaired) electrons. The van der Waals surface area contributed by atoms with Crippen LogP contribution in [0, 0.1) is 0 Å². The van der Waals surface area contributed by atoms with E-state index < -0.39 is 29.7 Å². The molecule has 25 heavy (non-hydrogen) atoms. The van der Waals surface area contributed by atoms with E-state index in [9.17, 15) is 14.4 Å². The van der Waals surface area contributed by atoms with Crippen molar-refractivity contribution >= 4 is 18.1 Å². The van der Waals surface area contributed by atoms with Crippen LogP contribution in [0.2, 0.25) is 0 Å². The summed E-state index contributed by atoms with van der Waals surface area (Å²) in [5.74, 6) is -0.538. The molecule has 2 saturated heterocycles. The standard InChI is InChI=1S/C17H29N3O5/c1-16(2,3)20-10-11-12(13(21)24-7)19(9-8-18(11)14(20)22)15(23)25-17(4,5)6/h11-12H,8-10H2,1-7H3/t11-,12+/m1/s1. The van der Waals surface area contributed by atoms with Crippen molar-refractivity contribution in [3.63, 3.8) is 0 Å². The van der Waals surface area contributed by atoms with Gasteiger partial charge in [0.2, 0.25) is 0 Å². The van der Waals surface area contributed by atoms with Crippen LogP contribution in [-0.4, -0.2) is 82.8 Å². The lowest BCUT2D eigenvalue weighted by Crippen LogP contribution is -2.63. The molecule has 2 rings (SSSR count). The minimum Gasteiger partial charge on any atom is -0.467 e. The van der Waals surface area contributed by atoms with E-state index >= 15 is 0 Å². The number of hydrogen-bond acceptors (Lipinski definition) is 5. The zero-order valence-corrected chi connectivity index (χ0v) is 16.2. The van der Waals surface area contributed by atoms with E-state index in [0.29, 0.717) is 13.1 Å². The Kier molecular flexibility index (Phi) is 4.94. The minimum absolute atomic E-state index is 0.116. The SMILES string of the molecule is COC(=O)[C@@H]1[C@H]2CN(C(C)(C)C)C(=O)N2CCN1C(=O)OC(C)(C)C. The van der Waals surface area contributed by atoms with Gasteiger partial charge in [-0.05, 0) is 41.5 Å². The number of hydrogen-bond donors (Lipinski definition) is 0. The molecular weight excluding hydrogens is 326 g/mol. The number of amides is 3. The smallest absolute Gasteiger partial charge is 0.411 e. The van der Waals surface area contributed by atoms with E-state index in [4.69, 9.17) is 9.47 Å². The lowest BCUT2D eigenvalue weighted by molar-refractivity contribution is -0.150. The molecule has 2 atom stereocenters. The second-order valence-corrected chi connectivity index (χ2v) is 8.47. The highest BCUT2D eigenvalue weighted by Gasteiger charge is 2.53. The second-order valence-electron chi connectivity index (χ2n) is 8.47. The number of methoxy groups -OCH3 is 1. The maximum absolute atomic E-state index is 12.7. The maximum atomic E-state index is 12.7. The Labute approximate surface area is 149 Å². The van der Waals surface area contributed by atoms with Gasteiger partial charge < -0.3 is 19.3 Å². The second kappa shape index (κ2) is 6.38. The lowest BCUT2D eigenvalue weighted by atomic mass is 10.0. The quantitative estimate of drug-likeness (QED) is 0.669. The van der Waals surface area contributed by atoms with Gasteiger partial charge in [0.15, 0.2) is 6.04 Å². The van der Waals surface area contributed by atoms with Crippen LogP contribution >= 0.6 is 0 Å². The maximum Gasteiger partial charge on any atom is 0.411 e. The number of fused-ring (bicyclic) bond motifs is 1. The van der Waals surface area contributed by atoms with Gasteiger partial charge in [-0.1, -0.05) is 0 Å². The third kappa shape index (κ3) is 3.82. The summed E-state index contributed by atoms with van der Waals surface area (Å²) in [6.45, 7) is 12.1. The number of carbonyl (C=O) groups is 3. The molecule has 0 aromatic rings. The fourth-order valence-electron chi connectivity index (χ4n) is 3.25. The summed E-state index contributed by atoms with van der Waals surface area (Å²) in [5.41, 5.74) is -1.04. The molecule has 0 aliphatic carbocycles. The van der Waals surface area contributed by atoms with E-state index in [1.807, 2.05) is 20.8 Å². The van der Waals surface area contributed by atoms with Crippen LogP contribution in [0.5, 0.6) is 0 Å². The van der Waals surface area contributed by atoms with Gasteiger partial charge in [0.05, 0.1) is 13.2 Å². The van der Waals surface area contributed by atoms with Gasteiger partial charge in [-0.25, -0.2) is 14.4 Å². The fraction of sp³-hybridized carbons (Fsp3) is 0.824. The zero-order chi connectivity index (χ0) is 19.2. The Balaban J connectivity index is 2.31. The average Bonchev–Trinajstić information content (AvgIpc) is 2.81. The highest BCUT2D eigenvalue weighted by atomic mass is 16.6. The van der Waals surface area contributed by atoms with Gasteiger partial charge in [-0.15, -0.1) is 0 Å². The predicted molar refractivity (Wildman–Crippen MR) is 91.1 cm³/mol. The predicted octanol–water partition coefficient (Wildman–Crippen LogP) is 1.68. The third-order valence-corrected chi connectivity index (χ3v) is 4.41. The van der Waals surface area contributed by atoms with Crippen molar-refractivity contribution in [2.24, 2.45) is 0 Å². The Bertz CT molecular complexity index is 564. The normalized spacial score (nSPS) is 24.3. The molecule has 2 heterocycles. The Morgan fingerprint density at radius 1 is 1.08 bits per heavy atom. The van der Waals surface area contributed by atoms with E-state index in [1.165, 1.54) is 12.0 Å². The van der Waals surface area contributed by atoms with Crippen LogP contribution < -0.4 is 0 Å². The Morgan fingerprint density at radius 3 is 2.16 bits per heavy atom. The molecular formula is C17H29N3O5. The number of ether oxygens (including phenoxy) is 2. The van der Waals surface area contributed by atoms with Gasteiger partial charge in [-0.2, -0.15) is 0 Å². The summed E-state index contributed by atoms with van der Waals surface area (Å²) in [6, 6.07) is -1.43. The Morgan fingerprint density at radius 2 is 1.68 bits per heavy atom. The molecule has 0 N–H and O–H groups in total. The molecule has 2 aliphatic heterocycles. The van der Waals surface area contributed by atoms with Crippen molar-refractivity contribution in [3.8, 4) is 0 Å². The molecule has 0 bridgehead atoms. The van der Waals surface area contributed by atoms with Crippen molar-refractivity contribution in [1.29, 1.82) is 0 Å². The summed E-state index contributed by atoms with van der Waals surface area (Å²) in [6.07, 6.45) is -0.566. The summed E-state index contributed by atoms with van der Waals surface area (Å²) >= 11 is 0.